The molecular formula is C15H19N3O. The molecule has 0 saturated heterocycles. The van der Waals surface area contributed by atoms with Crippen molar-refractivity contribution in [3.8, 4) is 0 Å². The highest BCUT2D eigenvalue weighted by Crippen LogP contribution is 2.21. The quantitative estimate of drug-likeness (QED) is 0.919. The molecule has 0 unspecified atom stereocenters. The zero-order valence-corrected chi connectivity index (χ0v) is 11.8. The maximum absolute atomic E-state index is 12.2. The molecule has 4 nitrogen and oxygen atoms in total. The van der Waals surface area contributed by atoms with Crippen molar-refractivity contribution in [3.05, 3.63) is 46.8 Å². The van der Waals surface area contributed by atoms with Gasteiger partial charge in [-0.2, -0.15) is 5.10 Å². The van der Waals surface area contributed by atoms with E-state index < -0.39 is 0 Å². The molecule has 0 aliphatic carbocycles. The van der Waals surface area contributed by atoms with E-state index in [1.54, 1.807) is 10.7 Å². The lowest BCUT2D eigenvalue weighted by molar-refractivity contribution is 0.102. The lowest BCUT2D eigenvalue weighted by atomic mass is 10.1. The molecular weight excluding hydrogens is 238 g/mol. The summed E-state index contributed by atoms with van der Waals surface area (Å²) in [7, 11) is 1.83. The van der Waals surface area contributed by atoms with Crippen LogP contribution in [0.5, 0.6) is 0 Å². The number of aryl methyl sites for hydroxylation is 4. The lowest BCUT2D eigenvalue weighted by Crippen LogP contribution is -2.15. The Labute approximate surface area is 113 Å². The van der Waals surface area contributed by atoms with Gasteiger partial charge in [-0.15, -0.1) is 0 Å². The average Bonchev–Trinajstić information content (AvgIpc) is 2.72. The Morgan fingerprint density at radius 1 is 1.37 bits per heavy atom. The van der Waals surface area contributed by atoms with Crippen molar-refractivity contribution in [2.75, 3.05) is 5.32 Å². The fraction of sp³-hybridized carbons (Fsp3) is 0.333. The molecule has 0 saturated carbocycles. The smallest absolute Gasteiger partial charge is 0.276 e. The van der Waals surface area contributed by atoms with Crippen molar-refractivity contribution in [2.24, 2.45) is 7.05 Å². The van der Waals surface area contributed by atoms with Crippen molar-refractivity contribution in [1.29, 1.82) is 0 Å². The summed E-state index contributed by atoms with van der Waals surface area (Å²) in [4.78, 5) is 12.2. The van der Waals surface area contributed by atoms with Crippen molar-refractivity contribution in [3.63, 3.8) is 0 Å². The summed E-state index contributed by atoms with van der Waals surface area (Å²) in [5.74, 6) is -0.160. The number of benzene rings is 1. The molecule has 1 N–H and O–H groups in total. The van der Waals surface area contributed by atoms with Crippen molar-refractivity contribution in [1.82, 2.24) is 9.78 Å². The predicted molar refractivity (Wildman–Crippen MR) is 76.5 cm³/mol. The van der Waals surface area contributed by atoms with Gasteiger partial charge < -0.3 is 5.32 Å². The van der Waals surface area contributed by atoms with Gasteiger partial charge in [0.05, 0.1) is 0 Å². The standard InChI is InChI=1S/C15H19N3O/c1-5-12-8-6-7-10(2)14(12)16-15(19)13-9-11(3)18(4)17-13/h6-9H,5H2,1-4H3,(H,16,19). The van der Waals surface area contributed by atoms with E-state index in [0.717, 1.165) is 28.9 Å². The molecule has 0 aliphatic heterocycles. The van der Waals surface area contributed by atoms with E-state index in [4.69, 9.17) is 0 Å². The Hall–Kier alpha value is -2.10. The number of hydrogen-bond donors (Lipinski definition) is 1. The maximum atomic E-state index is 12.2. The predicted octanol–water partition coefficient (Wildman–Crippen LogP) is 2.85. The molecule has 1 amide bonds. The number of para-hydroxylation sites is 1. The van der Waals surface area contributed by atoms with Crippen molar-refractivity contribution >= 4 is 11.6 Å². The van der Waals surface area contributed by atoms with E-state index in [2.05, 4.69) is 17.3 Å². The first-order valence-electron chi connectivity index (χ1n) is 6.43. The number of nitrogens with one attached hydrogen (secondary N) is 1. The molecule has 0 bridgehead atoms. The second-order valence-corrected chi connectivity index (χ2v) is 4.71. The minimum Gasteiger partial charge on any atom is -0.320 e. The number of anilines is 1. The van der Waals surface area contributed by atoms with Crippen LogP contribution in [0.3, 0.4) is 0 Å². The number of carbonyl (C=O) groups is 1. The van der Waals surface area contributed by atoms with Gasteiger partial charge in [-0.3, -0.25) is 9.48 Å². The Morgan fingerprint density at radius 3 is 2.68 bits per heavy atom. The van der Waals surface area contributed by atoms with Gasteiger partial charge in [0.1, 0.15) is 0 Å². The van der Waals surface area contributed by atoms with E-state index in [1.165, 1.54) is 0 Å². The van der Waals surface area contributed by atoms with Gasteiger partial charge in [0.2, 0.25) is 0 Å². The van der Waals surface area contributed by atoms with Crippen LogP contribution < -0.4 is 5.32 Å². The summed E-state index contributed by atoms with van der Waals surface area (Å²) in [5, 5.41) is 7.17. The van der Waals surface area contributed by atoms with Crippen LogP contribution in [0.4, 0.5) is 5.69 Å². The topological polar surface area (TPSA) is 46.9 Å². The Bertz CT molecular complexity index is 594. The van der Waals surface area contributed by atoms with Crippen molar-refractivity contribution in [2.45, 2.75) is 27.2 Å². The van der Waals surface area contributed by atoms with Crippen LogP contribution in [0, 0.1) is 13.8 Å². The van der Waals surface area contributed by atoms with Gasteiger partial charge in [0.15, 0.2) is 5.69 Å². The van der Waals surface area contributed by atoms with Crippen molar-refractivity contribution < 1.29 is 4.79 Å². The van der Waals surface area contributed by atoms with Gasteiger partial charge in [-0.25, -0.2) is 0 Å². The molecule has 0 spiro atoms. The van der Waals surface area contributed by atoms with Crippen LogP contribution in [-0.2, 0) is 13.5 Å². The first-order chi connectivity index (χ1) is 9.02. The van der Waals surface area contributed by atoms with E-state index in [0.29, 0.717) is 5.69 Å². The third-order valence-electron chi connectivity index (χ3n) is 3.32. The SMILES string of the molecule is CCc1cccc(C)c1NC(=O)c1cc(C)n(C)n1. The number of nitrogens with zero attached hydrogens (tertiary/aromatic N) is 2. The van der Waals surface area contributed by atoms with Gasteiger partial charge >= 0.3 is 0 Å². The molecule has 0 radical (unpaired) electrons. The fourth-order valence-electron chi connectivity index (χ4n) is 2.05. The minimum absolute atomic E-state index is 0.160. The van der Waals surface area contributed by atoms with Crippen LogP contribution >= 0.6 is 0 Å². The van der Waals surface area contributed by atoms with E-state index >= 15 is 0 Å². The van der Waals surface area contributed by atoms with E-state index in [9.17, 15) is 4.79 Å². The first-order valence-corrected chi connectivity index (χ1v) is 6.43. The summed E-state index contributed by atoms with van der Waals surface area (Å²) in [6.45, 7) is 6.00. The molecule has 1 heterocycles. The van der Waals surface area contributed by atoms with Crippen LogP contribution in [0.2, 0.25) is 0 Å². The molecule has 1 aromatic heterocycles. The van der Waals surface area contributed by atoms with Crippen LogP contribution in [0.15, 0.2) is 24.3 Å². The molecule has 19 heavy (non-hydrogen) atoms. The molecule has 2 rings (SSSR count). The zero-order chi connectivity index (χ0) is 14.0. The first kappa shape index (κ1) is 13.3. The Kier molecular flexibility index (Phi) is 3.69. The van der Waals surface area contributed by atoms with E-state index in [1.807, 2.05) is 39.1 Å². The number of carbonyl (C=O) groups excluding carboxylic acids is 1. The maximum Gasteiger partial charge on any atom is 0.276 e. The molecule has 2 aromatic rings. The van der Waals surface area contributed by atoms with Gasteiger partial charge in [0, 0.05) is 18.4 Å². The van der Waals surface area contributed by atoms with Crippen LogP contribution in [-0.4, -0.2) is 15.7 Å². The largest absolute Gasteiger partial charge is 0.320 e. The Morgan fingerprint density at radius 2 is 2.11 bits per heavy atom. The van der Waals surface area contributed by atoms with Crippen LogP contribution in [0.1, 0.15) is 34.2 Å². The number of hydrogen-bond acceptors (Lipinski definition) is 2. The summed E-state index contributed by atoms with van der Waals surface area (Å²) < 4.78 is 1.70. The summed E-state index contributed by atoms with van der Waals surface area (Å²) in [5.41, 5.74) is 4.52. The van der Waals surface area contributed by atoms with Crippen LogP contribution in [0.25, 0.3) is 0 Å². The number of rotatable bonds is 3. The highest BCUT2D eigenvalue weighted by atomic mass is 16.1. The minimum atomic E-state index is -0.160. The normalized spacial score (nSPS) is 10.5. The molecule has 4 heteroatoms. The van der Waals surface area contributed by atoms with E-state index in [-0.39, 0.29) is 5.91 Å². The second kappa shape index (κ2) is 5.26. The summed E-state index contributed by atoms with van der Waals surface area (Å²) >= 11 is 0. The lowest BCUT2D eigenvalue weighted by Gasteiger charge is -2.11. The van der Waals surface area contributed by atoms with Gasteiger partial charge in [0.25, 0.3) is 5.91 Å². The summed E-state index contributed by atoms with van der Waals surface area (Å²) in [6, 6.07) is 7.83. The molecule has 100 valence electrons. The van der Waals surface area contributed by atoms with Gasteiger partial charge in [-0.1, -0.05) is 25.1 Å². The number of amides is 1. The second-order valence-electron chi connectivity index (χ2n) is 4.71. The fourth-order valence-corrected chi connectivity index (χ4v) is 2.05. The average molecular weight is 257 g/mol. The molecule has 0 fully saturated rings. The molecule has 0 aliphatic rings. The third kappa shape index (κ3) is 2.67. The van der Waals surface area contributed by atoms with Gasteiger partial charge in [-0.05, 0) is 37.5 Å². The molecule has 1 aromatic carbocycles. The summed E-state index contributed by atoms with van der Waals surface area (Å²) in [6.07, 6.45) is 0.887. The highest BCUT2D eigenvalue weighted by Gasteiger charge is 2.13. The monoisotopic (exact) mass is 257 g/mol. The number of aromatic nitrogens is 2. The third-order valence-corrected chi connectivity index (χ3v) is 3.32. The highest BCUT2D eigenvalue weighted by molar-refractivity contribution is 6.03. The zero-order valence-electron chi connectivity index (χ0n) is 11.8. The molecule has 0 atom stereocenters. The Balaban J connectivity index is 2.28.